The Balaban J connectivity index is 1.83. The van der Waals surface area contributed by atoms with Crippen molar-refractivity contribution in [3.8, 4) is 17.3 Å². The minimum atomic E-state index is -0.286. The number of benzene rings is 1. The molecule has 1 unspecified atom stereocenters. The molecule has 136 valence electrons. The van der Waals surface area contributed by atoms with Crippen LogP contribution in [0, 0.1) is 0 Å². The van der Waals surface area contributed by atoms with E-state index >= 15 is 0 Å². The predicted octanol–water partition coefficient (Wildman–Crippen LogP) is 1.28. The molecule has 2 heterocycles. The molecule has 26 heavy (non-hydrogen) atoms. The number of nitrogens with one attached hydrogen (secondary N) is 2. The Labute approximate surface area is 149 Å². The molecule has 1 amide bonds. The Morgan fingerprint density at radius 3 is 2.77 bits per heavy atom. The number of H-pyrrole nitrogens is 1. The summed E-state index contributed by atoms with van der Waals surface area (Å²) in [6.45, 7) is 1.99. The van der Waals surface area contributed by atoms with Crippen molar-refractivity contribution in [2.45, 2.75) is 19.4 Å². The summed E-state index contributed by atoms with van der Waals surface area (Å²) < 4.78 is 11.9. The quantitative estimate of drug-likeness (QED) is 0.653. The summed E-state index contributed by atoms with van der Waals surface area (Å²) in [4.78, 5) is 12.7. The van der Waals surface area contributed by atoms with Gasteiger partial charge in [0.25, 0.3) is 5.91 Å². The van der Waals surface area contributed by atoms with Gasteiger partial charge in [-0.1, -0.05) is 13.0 Å². The summed E-state index contributed by atoms with van der Waals surface area (Å²) in [5.41, 5.74) is 1.25. The van der Waals surface area contributed by atoms with Crippen molar-refractivity contribution >= 4 is 5.91 Å². The van der Waals surface area contributed by atoms with Crippen LogP contribution < -0.4 is 14.8 Å². The van der Waals surface area contributed by atoms with Gasteiger partial charge in [0.15, 0.2) is 17.3 Å². The normalized spacial score (nSPS) is 11.8. The highest BCUT2D eigenvalue weighted by molar-refractivity contribution is 5.97. The standard InChI is InChI=1S/C16H19N7O3/c1-4-12(10-5-6-13(25-2)14(7-10)26-3)19-16(24)11-8-17-20-15(11)23-9-18-21-22-23/h5-9,12H,4H2,1-3H3,(H,17,20)(H,19,24). The van der Waals surface area contributed by atoms with Gasteiger partial charge in [0, 0.05) is 0 Å². The van der Waals surface area contributed by atoms with Gasteiger partial charge in [0.1, 0.15) is 11.9 Å². The van der Waals surface area contributed by atoms with Crippen LogP contribution in [0.25, 0.3) is 5.82 Å². The molecule has 1 atom stereocenters. The second kappa shape index (κ2) is 7.64. The van der Waals surface area contributed by atoms with Gasteiger partial charge in [0.2, 0.25) is 0 Å². The molecule has 0 bridgehead atoms. The predicted molar refractivity (Wildman–Crippen MR) is 91.3 cm³/mol. The van der Waals surface area contributed by atoms with Gasteiger partial charge in [-0.3, -0.25) is 9.89 Å². The van der Waals surface area contributed by atoms with E-state index in [2.05, 4.69) is 31.0 Å². The Hall–Kier alpha value is -3.43. The molecule has 0 spiro atoms. The molecule has 10 nitrogen and oxygen atoms in total. The highest BCUT2D eigenvalue weighted by atomic mass is 16.5. The van der Waals surface area contributed by atoms with Gasteiger partial charge in [-0.2, -0.15) is 9.78 Å². The first-order chi connectivity index (χ1) is 12.7. The van der Waals surface area contributed by atoms with Crippen LogP contribution in [-0.4, -0.2) is 50.5 Å². The van der Waals surface area contributed by atoms with Crippen molar-refractivity contribution in [2.24, 2.45) is 0 Å². The number of tetrazole rings is 1. The SMILES string of the molecule is CCC(NC(=O)c1cn[nH]c1-n1cnnn1)c1ccc(OC)c(OC)c1. The number of ether oxygens (including phenoxy) is 2. The minimum Gasteiger partial charge on any atom is -0.493 e. The van der Waals surface area contributed by atoms with Crippen molar-refractivity contribution in [3.63, 3.8) is 0 Å². The minimum absolute atomic E-state index is 0.209. The van der Waals surface area contributed by atoms with Gasteiger partial charge < -0.3 is 14.8 Å². The lowest BCUT2D eigenvalue weighted by Gasteiger charge is -2.19. The Morgan fingerprint density at radius 1 is 1.31 bits per heavy atom. The number of aromatic amines is 1. The van der Waals surface area contributed by atoms with E-state index in [1.54, 1.807) is 14.2 Å². The maximum atomic E-state index is 12.7. The first-order valence-electron chi connectivity index (χ1n) is 7.97. The van der Waals surface area contributed by atoms with Crippen LogP contribution in [0.4, 0.5) is 0 Å². The van der Waals surface area contributed by atoms with Crippen molar-refractivity contribution in [3.05, 3.63) is 41.9 Å². The number of carbonyl (C=O) groups is 1. The van der Waals surface area contributed by atoms with E-state index in [0.717, 1.165) is 5.56 Å². The summed E-state index contributed by atoms with van der Waals surface area (Å²) in [7, 11) is 3.15. The summed E-state index contributed by atoms with van der Waals surface area (Å²) in [5, 5.41) is 20.5. The lowest BCUT2D eigenvalue weighted by Crippen LogP contribution is -2.28. The molecule has 1 aromatic carbocycles. The number of methoxy groups -OCH3 is 2. The lowest BCUT2D eigenvalue weighted by atomic mass is 10.0. The zero-order valence-electron chi connectivity index (χ0n) is 14.6. The van der Waals surface area contributed by atoms with Gasteiger partial charge in [-0.05, 0) is 34.5 Å². The molecular weight excluding hydrogens is 338 g/mol. The molecule has 0 aliphatic carbocycles. The third-order valence-corrected chi connectivity index (χ3v) is 3.97. The topological polar surface area (TPSA) is 120 Å². The van der Waals surface area contributed by atoms with E-state index in [9.17, 15) is 4.79 Å². The summed E-state index contributed by atoms with van der Waals surface area (Å²) in [6, 6.07) is 5.35. The van der Waals surface area contributed by atoms with Gasteiger partial charge in [-0.25, -0.2) is 0 Å². The fourth-order valence-electron chi connectivity index (χ4n) is 2.61. The van der Waals surface area contributed by atoms with E-state index in [1.807, 2.05) is 25.1 Å². The van der Waals surface area contributed by atoms with E-state index < -0.39 is 0 Å². The molecular formula is C16H19N7O3. The van der Waals surface area contributed by atoms with Gasteiger partial charge >= 0.3 is 0 Å². The third kappa shape index (κ3) is 3.34. The molecule has 0 radical (unpaired) electrons. The fraction of sp³-hybridized carbons (Fsp3) is 0.312. The first-order valence-corrected chi connectivity index (χ1v) is 7.97. The van der Waals surface area contributed by atoms with Crippen LogP contribution in [0.3, 0.4) is 0 Å². The highest BCUT2D eigenvalue weighted by Gasteiger charge is 2.20. The van der Waals surface area contributed by atoms with Gasteiger partial charge in [0.05, 0.1) is 26.5 Å². The average molecular weight is 357 g/mol. The molecule has 0 saturated heterocycles. The van der Waals surface area contributed by atoms with Crippen molar-refractivity contribution in [1.29, 1.82) is 0 Å². The summed E-state index contributed by atoms with van der Waals surface area (Å²) >= 11 is 0. The number of hydrogen-bond acceptors (Lipinski definition) is 7. The molecule has 2 N–H and O–H groups in total. The third-order valence-electron chi connectivity index (χ3n) is 3.97. The molecule has 3 aromatic rings. The van der Waals surface area contributed by atoms with Gasteiger partial charge in [-0.15, -0.1) is 5.10 Å². The van der Waals surface area contributed by atoms with Crippen LogP contribution >= 0.6 is 0 Å². The average Bonchev–Trinajstić information content (AvgIpc) is 3.36. The number of amides is 1. The number of hydrogen-bond donors (Lipinski definition) is 2. The molecule has 10 heteroatoms. The molecule has 0 aliphatic heterocycles. The Kier molecular flexibility index (Phi) is 5.11. The lowest BCUT2D eigenvalue weighted by molar-refractivity contribution is 0.0935. The molecule has 0 aliphatic rings. The zero-order valence-corrected chi connectivity index (χ0v) is 14.6. The van der Waals surface area contributed by atoms with E-state index in [1.165, 1.54) is 17.2 Å². The summed E-state index contributed by atoms with van der Waals surface area (Å²) in [6.07, 6.45) is 3.52. The maximum absolute atomic E-state index is 12.7. The van der Waals surface area contributed by atoms with E-state index in [-0.39, 0.29) is 11.9 Å². The van der Waals surface area contributed by atoms with Crippen molar-refractivity contribution in [1.82, 2.24) is 35.7 Å². The zero-order chi connectivity index (χ0) is 18.5. The van der Waals surface area contributed by atoms with Crippen LogP contribution in [0.1, 0.15) is 35.3 Å². The maximum Gasteiger partial charge on any atom is 0.257 e. The monoisotopic (exact) mass is 357 g/mol. The smallest absolute Gasteiger partial charge is 0.257 e. The second-order valence-electron chi connectivity index (χ2n) is 5.44. The van der Waals surface area contributed by atoms with Crippen LogP contribution in [-0.2, 0) is 0 Å². The number of nitrogens with zero attached hydrogens (tertiary/aromatic N) is 5. The Bertz CT molecular complexity index is 876. The summed E-state index contributed by atoms with van der Waals surface area (Å²) in [5.74, 6) is 1.35. The molecule has 3 rings (SSSR count). The Morgan fingerprint density at radius 2 is 2.12 bits per heavy atom. The number of carbonyl (C=O) groups excluding carboxylic acids is 1. The van der Waals surface area contributed by atoms with E-state index in [4.69, 9.17) is 9.47 Å². The van der Waals surface area contributed by atoms with Crippen LogP contribution in [0.2, 0.25) is 0 Å². The van der Waals surface area contributed by atoms with Crippen LogP contribution in [0.5, 0.6) is 11.5 Å². The molecule has 0 fully saturated rings. The number of rotatable bonds is 7. The highest BCUT2D eigenvalue weighted by Crippen LogP contribution is 2.31. The van der Waals surface area contributed by atoms with Crippen molar-refractivity contribution < 1.29 is 14.3 Å². The largest absolute Gasteiger partial charge is 0.493 e. The number of aromatic nitrogens is 6. The molecule has 2 aromatic heterocycles. The van der Waals surface area contributed by atoms with E-state index in [0.29, 0.717) is 29.3 Å². The van der Waals surface area contributed by atoms with Crippen LogP contribution in [0.15, 0.2) is 30.7 Å². The van der Waals surface area contributed by atoms with Crippen molar-refractivity contribution in [2.75, 3.05) is 14.2 Å². The fourth-order valence-corrected chi connectivity index (χ4v) is 2.61. The second-order valence-corrected chi connectivity index (χ2v) is 5.44. The first kappa shape index (κ1) is 17.4. The molecule has 0 saturated carbocycles.